The molecule has 0 bridgehead atoms. The molecule has 1 aromatic heterocycles. The number of nitrogens with zero attached hydrogens (tertiary/aromatic N) is 2. The minimum atomic E-state index is -0.629. The molecule has 128 valence electrons. The molecule has 0 fully saturated rings. The van der Waals surface area contributed by atoms with Gasteiger partial charge in [-0.05, 0) is 24.6 Å². The average molecular weight is 335 g/mol. The Morgan fingerprint density at radius 1 is 1.12 bits per heavy atom. The van der Waals surface area contributed by atoms with Gasteiger partial charge < -0.3 is 10.4 Å². The molecule has 0 saturated heterocycles. The predicted octanol–water partition coefficient (Wildman–Crippen LogP) is 2.51. The number of amides is 1. The van der Waals surface area contributed by atoms with E-state index in [2.05, 4.69) is 10.4 Å². The van der Waals surface area contributed by atoms with Gasteiger partial charge in [0.05, 0.1) is 23.0 Å². The number of aliphatic hydroxyl groups is 1. The summed E-state index contributed by atoms with van der Waals surface area (Å²) in [5, 5.41) is 17.3. The van der Waals surface area contributed by atoms with E-state index in [1.54, 1.807) is 17.8 Å². The number of para-hydroxylation sites is 1. The van der Waals surface area contributed by atoms with E-state index in [0.717, 1.165) is 11.3 Å². The first-order chi connectivity index (χ1) is 12.1. The SMILES string of the molecule is Cc1nn(-c2ccccc2)cc1C(=O)NCC(O)Cc1ccccc1. The molecule has 5 heteroatoms. The lowest BCUT2D eigenvalue weighted by Crippen LogP contribution is -2.33. The van der Waals surface area contributed by atoms with Crippen LogP contribution in [0.5, 0.6) is 0 Å². The van der Waals surface area contributed by atoms with E-state index in [4.69, 9.17) is 0 Å². The van der Waals surface area contributed by atoms with E-state index in [9.17, 15) is 9.90 Å². The van der Waals surface area contributed by atoms with Crippen molar-refractivity contribution in [2.24, 2.45) is 0 Å². The lowest BCUT2D eigenvalue weighted by Gasteiger charge is -2.11. The molecule has 3 rings (SSSR count). The maximum absolute atomic E-state index is 12.4. The molecule has 2 N–H and O–H groups in total. The van der Waals surface area contributed by atoms with E-state index in [0.29, 0.717) is 17.7 Å². The molecule has 0 saturated carbocycles. The summed E-state index contributed by atoms with van der Waals surface area (Å²) in [5.41, 5.74) is 3.10. The second-order valence-corrected chi connectivity index (χ2v) is 5.96. The molecule has 25 heavy (non-hydrogen) atoms. The van der Waals surface area contributed by atoms with E-state index in [1.807, 2.05) is 60.7 Å². The first-order valence-corrected chi connectivity index (χ1v) is 8.25. The van der Waals surface area contributed by atoms with Crippen LogP contribution >= 0.6 is 0 Å². The highest BCUT2D eigenvalue weighted by Gasteiger charge is 2.15. The third-order valence-corrected chi connectivity index (χ3v) is 3.98. The summed E-state index contributed by atoms with van der Waals surface area (Å²) >= 11 is 0. The van der Waals surface area contributed by atoms with Crippen LogP contribution in [0.1, 0.15) is 21.6 Å². The second kappa shape index (κ2) is 7.77. The molecule has 1 heterocycles. The minimum Gasteiger partial charge on any atom is -0.391 e. The van der Waals surface area contributed by atoms with Gasteiger partial charge in [0.25, 0.3) is 5.91 Å². The topological polar surface area (TPSA) is 67.2 Å². The van der Waals surface area contributed by atoms with Crippen LogP contribution in [0.15, 0.2) is 66.9 Å². The van der Waals surface area contributed by atoms with Gasteiger partial charge in [0.2, 0.25) is 0 Å². The van der Waals surface area contributed by atoms with Crippen molar-refractivity contribution in [1.82, 2.24) is 15.1 Å². The van der Waals surface area contributed by atoms with Crippen LogP contribution < -0.4 is 5.32 Å². The summed E-state index contributed by atoms with van der Waals surface area (Å²) in [6.07, 6.45) is 1.59. The van der Waals surface area contributed by atoms with Gasteiger partial charge >= 0.3 is 0 Å². The van der Waals surface area contributed by atoms with Gasteiger partial charge in [-0.2, -0.15) is 5.10 Å². The van der Waals surface area contributed by atoms with Crippen molar-refractivity contribution in [2.75, 3.05) is 6.54 Å². The van der Waals surface area contributed by atoms with Gasteiger partial charge in [0.15, 0.2) is 0 Å². The summed E-state index contributed by atoms with van der Waals surface area (Å²) in [7, 11) is 0. The number of carbonyl (C=O) groups is 1. The summed E-state index contributed by atoms with van der Waals surface area (Å²) in [6, 6.07) is 19.3. The van der Waals surface area contributed by atoms with Crippen molar-refractivity contribution in [3.05, 3.63) is 83.7 Å². The van der Waals surface area contributed by atoms with Crippen LogP contribution in [0.25, 0.3) is 5.69 Å². The predicted molar refractivity (Wildman–Crippen MR) is 96.8 cm³/mol. The molecule has 0 radical (unpaired) electrons. The largest absolute Gasteiger partial charge is 0.391 e. The molecule has 1 unspecified atom stereocenters. The molecule has 0 aliphatic heterocycles. The van der Waals surface area contributed by atoms with Crippen LogP contribution in [-0.4, -0.2) is 33.4 Å². The molecular weight excluding hydrogens is 314 g/mol. The molecule has 0 spiro atoms. The zero-order valence-corrected chi connectivity index (χ0v) is 14.1. The Labute approximate surface area is 146 Å². The summed E-state index contributed by atoms with van der Waals surface area (Å²) < 4.78 is 1.69. The van der Waals surface area contributed by atoms with Crippen molar-refractivity contribution in [2.45, 2.75) is 19.4 Å². The fourth-order valence-electron chi connectivity index (χ4n) is 2.66. The van der Waals surface area contributed by atoms with Gasteiger partial charge in [-0.25, -0.2) is 4.68 Å². The van der Waals surface area contributed by atoms with Crippen molar-refractivity contribution >= 4 is 5.91 Å². The number of rotatable bonds is 6. The Bertz CT molecular complexity index is 829. The number of hydrogen-bond donors (Lipinski definition) is 2. The number of benzene rings is 2. The van der Waals surface area contributed by atoms with E-state index in [1.165, 1.54) is 0 Å². The average Bonchev–Trinajstić information content (AvgIpc) is 3.03. The highest BCUT2D eigenvalue weighted by atomic mass is 16.3. The Morgan fingerprint density at radius 2 is 1.76 bits per heavy atom. The van der Waals surface area contributed by atoms with Gasteiger partial charge in [-0.3, -0.25) is 4.79 Å². The van der Waals surface area contributed by atoms with Crippen LogP contribution in [0, 0.1) is 6.92 Å². The second-order valence-electron chi connectivity index (χ2n) is 5.96. The summed E-state index contributed by atoms with van der Waals surface area (Å²) in [6.45, 7) is 2.00. The number of hydrogen-bond acceptors (Lipinski definition) is 3. The maximum atomic E-state index is 12.4. The number of carbonyl (C=O) groups excluding carboxylic acids is 1. The molecule has 1 atom stereocenters. The molecular formula is C20H21N3O2. The summed E-state index contributed by atoms with van der Waals surface area (Å²) in [4.78, 5) is 12.4. The highest BCUT2D eigenvalue weighted by molar-refractivity contribution is 5.95. The number of aromatic nitrogens is 2. The van der Waals surface area contributed by atoms with Crippen molar-refractivity contribution < 1.29 is 9.90 Å². The first kappa shape index (κ1) is 16.9. The number of aryl methyl sites for hydroxylation is 1. The van der Waals surface area contributed by atoms with E-state index < -0.39 is 6.10 Å². The molecule has 2 aromatic carbocycles. The zero-order valence-electron chi connectivity index (χ0n) is 14.1. The lowest BCUT2D eigenvalue weighted by atomic mass is 10.1. The molecule has 0 aliphatic carbocycles. The van der Waals surface area contributed by atoms with Crippen LogP contribution in [0.2, 0.25) is 0 Å². The maximum Gasteiger partial charge on any atom is 0.254 e. The lowest BCUT2D eigenvalue weighted by molar-refractivity contribution is 0.0915. The quantitative estimate of drug-likeness (QED) is 0.727. The fourth-order valence-corrected chi connectivity index (χ4v) is 2.66. The Balaban J connectivity index is 1.61. The Hall–Kier alpha value is -2.92. The molecule has 1 amide bonds. The Kier molecular flexibility index (Phi) is 5.26. The fraction of sp³-hybridized carbons (Fsp3) is 0.200. The van der Waals surface area contributed by atoms with Crippen molar-refractivity contribution in [1.29, 1.82) is 0 Å². The first-order valence-electron chi connectivity index (χ1n) is 8.25. The van der Waals surface area contributed by atoms with Gasteiger partial charge in [-0.1, -0.05) is 48.5 Å². The smallest absolute Gasteiger partial charge is 0.254 e. The summed E-state index contributed by atoms with van der Waals surface area (Å²) in [5.74, 6) is -0.230. The standard InChI is InChI=1S/C20H21N3O2/c1-15-19(14-23(22-15)17-10-6-3-7-11-17)20(25)21-13-18(24)12-16-8-4-2-5-9-16/h2-11,14,18,24H,12-13H2,1H3,(H,21,25). The monoisotopic (exact) mass is 335 g/mol. The van der Waals surface area contributed by atoms with E-state index >= 15 is 0 Å². The molecule has 0 aliphatic rings. The van der Waals surface area contributed by atoms with Crippen molar-refractivity contribution in [3.63, 3.8) is 0 Å². The minimum absolute atomic E-state index is 0.198. The third kappa shape index (κ3) is 4.33. The zero-order chi connectivity index (χ0) is 17.6. The number of aliphatic hydroxyl groups excluding tert-OH is 1. The van der Waals surface area contributed by atoms with Crippen molar-refractivity contribution in [3.8, 4) is 5.69 Å². The molecule has 5 nitrogen and oxygen atoms in total. The van der Waals surface area contributed by atoms with Gasteiger partial charge in [0.1, 0.15) is 0 Å². The van der Waals surface area contributed by atoms with Crippen LogP contribution in [0.4, 0.5) is 0 Å². The van der Waals surface area contributed by atoms with Gasteiger partial charge in [0, 0.05) is 19.2 Å². The van der Waals surface area contributed by atoms with Crippen LogP contribution in [0.3, 0.4) is 0 Å². The third-order valence-electron chi connectivity index (χ3n) is 3.98. The van der Waals surface area contributed by atoms with E-state index in [-0.39, 0.29) is 12.5 Å². The highest BCUT2D eigenvalue weighted by Crippen LogP contribution is 2.12. The normalized spacial score (nSPS) is 11.9. The molecule has 3 aromatic rings. The Morgan fingerprint density at radius 3 is 2.44 bits per heavy atom. The van der Waals surface area contributed by atoms with Crippen LogP contribution in [-0.2, 0) is 6.42 Å². The van der Waals surface area contributed by atoms with Gasteiger partial charge in [-0.15, -0.1) is 0 Å². The number of nitrogens with one attached hydrogen (secondary N) is 1.